The van der Waals surface area contributed by atoms with E-state index in [1.165, 1.54) is 5.57 Å². The van der Waals surface area contributed by atoms with Crippen molar-refractivity contribution in [1.29, 1.82) is 0 Å². The lowest BCUT2D eigenvalue weighted by molar-refractivity contribution is -0.243. The molecule has 5 rings (SSSR count). The third-order valence-electron chi connectivity index (χ3n) is 13.4. The average molecular weight is 505 g/mol. The van der Waals surface area contributed by atoms with Gasteiger partial charge in [0, 0.05) is 12.0 Å². The number of hydrogen-bond acceptors (Lipinski definition) is 5. The average Bonchev–Trinajstić information content (AvgIpc) is 2.83. The molecule has 0 bridgehead atoms. The molecule has 0 aromatic heterocycles. The largest absolute Gasteiger partial charge is 0.481 e. The second-order valence-electron chi connectivity index (χ2n) is 14.9. The Hall–Kier alpha value is -0.950. The van der Waals surface area contributed by atoms with Crippen LogP contribution in [0.1, 0.15) is 92.4 Å². The zero-order chi connectivity index (χ0) is 26.5. The van der Waals surface area contributed by atoms with Crippen LogP contribution in [0.15, 0.2) is 11.6 Å². The van der Waals surface area contributed by atoms with E-state index in [9.17, 15) is 30.3 Å². The Morgan fingerprint density at radius 1 is 0.917 bits per heavy atom. The Kier molecular flexibility index (Phi) is 5.95. The Balaban J connectivity index is 1.61. The smallest absolute Gasteiger partial charge is 0.310 e. The van der Waals surface area contributed by atoms with Crippen LogP contribution in [0.25, 0.3) is 0 Å². The molecule has 0 radical (unpaired) electrons. The first kappa shape index (κ1) is 26.6. The van der Waals surface area contributed by atoms with Gasteiger partial charge in [-0.15, -0.1) is 0 Å². The quantitative estimate of drug-likeness (QED) is 0.369. The summed E-state index contributed by atoms with van der Waals surface area (Å²) in [6, 6.07) is 0. The fraction of sp³-hybridized carbons (Fsp3) is 0.900. The first-order chi connectivity index (χ1) is 16.7. The molecule has 0 aromatic carbocycles. The second kappa shape index (κ2) is 8.03. The maximum atomic E-state index is 12.8. The summed E-state index contributed by atoms with van der Waals surface area (Å²) in [6.45, 7) is 11.0. The minimum Gasteiger partial charge on any atom is -0.481 e. The second-order valence-corrected chi connectivity index (χ2v) is 14.9. The predicted octanol–water partition coefficient (Wildman–Crippen LogP) is 4.15. The molecule has 0 saturated heterocycles. The summed E-state index contributed by atoms with van der Waals surface area (Å²) in [5.74, 6) is -0.360. The SMILES string of the molecule is CC1(CO)CCC2(C(=O)O)CCC3(C)C(=CCC4C5(C)CC(O)C(O)C(C)(CO)C5CCC43C)C2C1. The first-order valence-electron chi connectivity index (χ1n) is 14.2. The van der Waals surface area contributed by atoms with Crippen molar-refractivity contribution in [2.75, 3.05) is 13.2 Å². The molecule has 0 amide bonds. The summed E-state index contributed by atoms with van der Waals surface area (Å²) in [7, 11) is 0. The van der Waals surface area contributed by atoms with E-state index in [0.717, 1.165) is 32.1 Å². The van der Waals surface area contributed by atoms with Crippen LogP contribution in [0.3, 0.4) is 0 Å². The summed E-state index contributed by atoms with van der Waals surface area (Å²) in [4.78, 5) is 12.8. The molecule has 5 aliphatic carbocycles. The molecule has 6 nitrogen and oxygen atoms in total. The number of rotatable bonds is 3. The van der Waals surface area contributed by atoms with Crippen molar-refractivity contribution in [2.45, 2.75) is 105 Å². The van der Waals surface area contributed by atoms with Crippen LogP contribution in [0, 0.1) is 50.2 Å². The molecule has 5 aliphatic rings. The predicted molar refractivity (Wildman–Crippen MR) is 137 cm³/mol. The van der Waals surface area contributed by atoms with Gasteiger partial charge in [0.15, 0.2) is 0 Å². The zero-order valence-corrected chi connectivity index (χ0v) is 22.9. The summed E-state index contributed by atoms with van der Waals surface area (Å²) < 4.78 is 0. The molecule has 0 heterocycles. The van der Waals surface area contributed by atoms with E-state index in [-0.39, 0.29) is 52.6 Å². The highest BCUT2D eigenvalue weighted by molar-refractivity contribution is 5.76. The van der Waals surface area contributed by atoms with E-state index >= 15 is 0 Å². The van der Waals surface area contributed by atoms with Gasteiger partial charge in [-0.2, -0.15) is 0 Å². The Morgan fingerprint density at radius 2 is 1.58 bits per heavy atom. The van der Waals surface area contributed by atoms with Crippen molar-refractivity contribution < 1.29 is 30.3 Å². The molecule has 11 atom stereocenters. The van der Waals surface area contributed by atoms with E-state index in [2.05, 4.69) is 33.8 Å². The molecule has 204 valence electrons. The highest BCUT2D eigenvalue weighted by Crippen LogP contribution is 2.75. The van der Waals surface area contributed by atoms with E-state index in [0.29, 0.717) is 25.7 Å². The van der Waals surface area contributed by atoms with Gasteiger partial charge < -0.3 is 25.5 Å². The Morgan fingerprint density at radius 3 is 2.19 bits per heavy atom. The fourth-order valence-corrected chi connectivity index (χ4v) is 10.8. The summed E-state index contributed by atoms with van der Waals surface area (Å²) in [6.07, 6.45) is 7.37. The fourth-order valence-electron chi connectivity index (χ4n) is 10.8. The number of hydrogen-bond donors (Lipinski definition) is 5. The first-order valence-corrected chi connectivity index (χ1v) is 14.2. The van der Waals surface area contributed by atoms with Crippen molar-refractivity contribution in [2.24, 2.45) is 50.2 Å². The van der Waals surface area contributed by atoms with Crippen LogP contribution in [-0.4, -0.2) is 56.9 Å². The standard InChI is InChI=1S/C30H48O6/c1-25(16-31)10-12-30(24(35)36)13-11-28(4)18(19(30)14-25)6-7-22-26(2)15-20(33)23(34)27(3,17-32)21(26)8-9-29(22,28)5/h6,19-23,31-34H,7-17H2,1-5H3,(H,35,36). The van der Waals surface area contributed by atoms with Gasteiger partial charge in [-0.1, -0.05) is 46.3 Å². The normalized spacial score (nSPS) is 56.5. The zero-order valence-electron chi connectivity index (χ0n) is 22.9. The van der Waals surface area contributed by atoms with Crippen molar-refractivity contribution in [1.82, 2.24) is 0 Å². The summed E-state index contributed by atoms with van der Waals surface area (Å²) >= 11 is 0. The number of carbonyl (C=O) groups is 1. The minimum absolute atomic E-state index is 0.0653. The number of carboxylic acids is 1. The Labute approximate surface area is 216 Å². The van der Waals surface area contributed by atoms with Crippen molar-refractivity contribution >= 4 is 5.97 Å². The molecule has 11 unspecified atom stereocenters. The minimum atomic E-state index is -0.931. The highest BCUT2D eigenvalue weighted by Gasteiger charge is 2.70. The van der Waals surface area contributed by atoms with E-state index < -0.39 is 29.0 Å². The van der Waals surface area contributed by atoms with Gasteiger partial charge in [0.1, 0.15) is 0 Å². The summed E-state index contributed by atoms with van der Waals surface area (Å²) in [5.41, 5.74) is -0.896. The van der Waals surface area contributed by atoms with E-state index in [1.54, 1.807) is 0 Å². The maximum absolute atomic E-state index is 12.8. The third-order valence-corrected chi connectivity index (χ3v) is 13.4. The van der Waals surface area contributed by atoms with Crippen molar-refractivity contribution in [3.63, 3.8) is 0 Å². The van der Waals surface area contributed by atoms with Crippen LogP contribution < -0.4 is 0 Å². The van der Waals surface area contributed by atoms with Gasteiger partial charge in [0.05, 0.1) is 24.2 Å². The van der Waals surface area contributed by atoms with Gasteiger partial charge >= 0.3 is 5.97 Å². The lowest BCUT2D eigenvalue weighted by Crippen LogP contribution is -2.68. The van der Waals surface area contributed by atoms with Gasteiger partial charge in [-0.25, -0.2) is 0 Å². The van der Waals surface area contributed by atoms with Gasteiger partial charge in [0.2, 0.25) is 0 Å². The van der Waals surface area contributed by atoms with Crippen molar-refractivity contribution in [3.8, 4) is 0 Å². The third kappa shape index (κ3) is 3.08. The van der Waals surface area contributed by atoms with Crippen LogP contribution in [-0.2, 0) is 4.79 Å². The molecule has 36 heavy (non-hydrogen) atoms. The molecular weight excluding hydrogens is 456 g/mol. The molecule has 0 spiro atoms. The van der Waals surface area contributed by atoms with Crippen molar-refractivity contribution in [3.05, 3.63) is 11.6 Å². The Bertz CT molecular complexity index is 963. The molecule has 4 fully saturated rings. The number of aliphatic hydroxyl groups is 4. The number of aliphatic carboxylic acids is 1. The molecule has 6 heteroatoms. The van der Waals surface area contributed by atoms with Gasteiger partial charge in [-0.3, -0.25) is 4.79 Å². The van der Waals surface area contributed by atoms with E-state index in [4.69, 9.17) is 0 Å². The highest BCUT2D eigenvalue weighted by atomic mass is 16.4. The lowest BCUT2D eigenvalue weighted by atomic mass is 9.33. The number of allylic oxidation sites excluding steroid dienone is 2. The van der Waals surface area contributed by atoms with Gasteiger partial charge in [-0.05, 0) is 97.2 Å². The monoisotopic (exact) mass is 504 g/mol. The molecular formula is C30H48O6. The van der Waals surface area contributed by atoms with E-state index in [1.807, 2.05) is 6.92 Å². The molecule has 0 aromatic rings. The van der Waals surface area contributed by atoms with Crippen LogP contribution in [0.5, 0.6) is 0 Å². The number of aliphatic hydroxyl groups excluding tert-OH is 4. The number of carboxylic acid groups (broad SMARTS) is 1. The molecule has 0 aliphatic heterocycles. The summed E-state index contributed by atoms with van der Waals surface area (Å²) in [5, 5.41) is 53.1. The van der Waals surface area contributed by atoms with Crippen LogP contribution in [0.4, 0.5) is 0 Å². The molecule has 4 saturated carbocycles. The topological polar surface area (TPSA) is 118 Å². The lowest BCUT2D eigenvalue weighted by Gasteiger charge is -2.71. The molecule has 5 N–H and O–H groups in total. The van der Waals surface area contributed by atoms with Gasteiger partial charge in [0.25, 0.3) is 0 Å². The maximum Gasteiger partial charge on any atom is 0.310 e. The van der Waals surface area contributed by atoms with Crippen LogP contribution in [0.2, 0.25) is 0 Å². The van der Waals surface area contributed by atoms with Crippen LogP contribution >= 0.6 is 0 Å². The number of fused-ring (bicyclic) bond motifs is 7.